The number of nitrogens with zero attached hydrogens (tertiary/aromatic N) is 2. The summed E-state index contributed by atoms with van der Waals surface area (Å²) < 4.78 is 64.8. The molecule has 1 N–H and O–H groups in total. The van der Waals surface area contributed by atoms with Gasteiger partial charge in [0.1, 0.15) is 4.90 Å². The number of nitrogens with one attached hydrogen (secondary N) is 1. The number of non-ortho nitro benzene ring substituents is 1. The first-order chi connectivity index (χ1) is 14.9. The first-order valence-electron chi connectivity index (χ1n) is 9.32. The molecule has 13 heteroatoms. The molecule has 0 radical (unpaired) electrons. The van der Waals surface area contributed by atoms with Crippen molar-refractivity contribution in [3.63, 3.8) is 0 Å². The molecular weight excluding hydrogens is 475 g/mol. The molecule has 0 aliphatic carbocycles. The Kier molecular flexibility index (Phi) is 6.77. The standard InChI is InChI=1S/C19H17ClF3N3O5S/c20-16-6-5-15(26(28)29)11-17(16)32(30,31)25-9-7-12(8-10-25)18(27)24-14-3-1-13(2-4-14)19(21,22)23/h1-6,11-12H,7-10H2,(H,24,27). The molecule has 1 aliphatic heterocycles. The smallest absolute Gasteiger partial charge is 0.326 e. The van der Waals surface area contributed by atoms with Crippen molar-refractivity contribution in [1.29, 1.82) is 0 Å². The van der Waals surface area contributed by atoms with Crippen molar-refractivity contribution in [2.45, 2.75) is 23.9 Å². The number of amides is 1. The van der Waals surface area contributed by atoms with E-state index in [4.69, 9.17) is 11.6 Å². The summed E-state index contributed by atoms with van der Waals surface area (Å²) in [5, 5.41) is 13.3. The largest absolute Gasteiger partial charge is 0.416 e. The molecule has 172 valence electrons. The highest BCUT2D eigenvalue weighted by atomic mass is 35.5. The first-order valence-corrected chi connectivity index (χ1v) is 11.1. The summed E-state index contributed by atoms with van der Waals surface area (Å²) in [6, 6.07) is 7.12. The molecule has 1 heterocycles. The number of benzene rings is 2. The molecule has 1 amide bonds. The van der Waals surface area contributed by atoms with Crippen LogP contribution in [0.1, 0.15) is 18.4 Å². The second-order valence-electron chi connectivity index (χ2n) is 7.11. The monoisotopic (exact) mass is 491 g/mol. The number of nitro benzene ring substituents is 1. The Labute approximate surface area is 186 Å². The second kappa shape index (κ2) is 9.04. The predicted molar refractivity (Wildman–Crippen MR) is 110 cm³/mol. The fraction of sp³-hybridized carbons (Fsp3) is 0.316. The topological polar surface area (TPSA) is 110 Å². The number of hydrogen-bond donors (Lipinski definition) is 1. The molecule has 0 bridgehead atoms. The van der Waals surface area contributed by atoms with E-state index in [9.17, 15) is 36.5 Å². The van der Waals surface area contributed by atoms with Crippen LogP contribution in [0.2, 0.25) is 5.02 Å². The molecule has 1 saturated heterocycles. The zero-order chi connectivity index (χ0) is 23.7. The highest BCUT2D eigenvalue weighted by molar-refractivity contribution is 7.89. The van der Waals surface area contributed by atoms with Gasteiger partial charge in [-0.1, -0.05) is 11.6 Å². The van der Waals surface area contributed by atoms with Crippen LogP contribution in [-0.2, 0) is 21.0 Å². The molecule has 1 aliphatic rings. The van der Waals surface area contributed by atoms with E-state index in [1.807, 2.05) is 0 Å². The van der Waals surface area contributed by atoms with Crippen molar-refractivity contribution < 1.29 is 31.3 Å². The molecule has 3 rings (SSSR count). The third kappa shape index (κ3) is 5.19. The summed E-state index contributed by atoms with van der Waals surface area (Å²) in [5.41, 5.74) is -1.06. The van der Waals surface area contributed by atoms with Gasteiger partial charge in [0.2, 0.25) is 15.9 Å². The van der Waals surface area contributed by atoms with Crippen LogP contribution in [0.25, 0.3) is 0 Å². The lowest BCUT2D eigenvalue weighted by molar-refractivity contribution is -0.385. The van der Waals surface area contributed by atoms with Gasteiger partial charge in [0, 0.05) is 36.8 Å². The Morgan fingerprint density at radius 3 is 2.25 bits per heavy atom. The number of carbonyl (C=O) groups is 1. The molecule has 8 nitrogen and oxygen atoms in total. The van der Waals surface area contributed by atoms with Crippen molar-refractivity contribution >= 4 is 38.9 Å². The number of sulfonamides is 1. The Morgan fingerprint density at radius 2 is 1.72 bits per heavy atom. The summed E-state index contributed by atoms with van der Waals surface area (Å²) in [6.07, 6.45) is -4.15. The lowest BCUT2D eigenvalue weighted by Gasteiger charge is -2.30. The van der Waals surface area contributed by atoms with Crippen molar-refractivity contribution in [1.82, 2.24) is 4.31 Å². The van der Waals surface area contributed by atoms with Gasteiger partial charge in [0.15, 0.2) is 0 Å². The van der Waals surface area contributed by atoms with Gasteiger partial charge in [0.05, 0.1) is 15.5 Å². The summed E-state index contributed by atoms with van der Waals surface area (Å²) in [4.78, 5) is 22.3. The highest BCUT2D eigenvalue weighted by Gasteiger charge is 2.34. The van der Waals surface area contributed by atoms with E-state index in [1.165, 1.54) is 0 Å². The van der Waals surface area contributed by atoms with Crippen LogP contribution in [0, 0.1) is 16.0 Å². The Balaban J connectivity index is 1.65. The third-order valence-corrected chi connectivity index (χ3v) is 7.43. The lowest BCUT2D eigenvalue weighted by atomic mass is 9.97. The van der Waals surface area contributed by atoms with Crippen molar-refractivity contribution in [2.75, 3.05) is 18.4 Å². The number of alkyl halides is 3. The molecule has 0 unspecified atom stereocenters. The molecule has 32 heavy (non-hydrogen) atoms. The molecule has 0 spiro atoms. The van der Waals surface area contributed by atoms with Gasteiger partial charge in [-0.15, -0.1) is 0 Å². The number of carbonyl (C=O) groups excluding carboxylic acids is 1. The molecule has 1 fully saturated rings. The van der Waals surface area contributed by atoms with Gasteiger partial charge >= 0.3 is 6.18 Å². The van der Waals surface area contributed by atoms with Crippen LogP contribution in [0.3, 0.4) is 0 Å². The van der Waals surface area contributed by atoms with Crippen LogP contribution < -0.4 is 5.32 Å². The van der Waals surface area contributed by atoms with E-state index >= 15 is 0 Å². The summed E-state index contributed by atoms with van der Waals surface area (Å²) >= 11 is 5.95. The van der Waals surface area contributed by atoms with Crippen molar-refractivity contribution in [3.8, 4) is 0 Å². The van der Waals surface area contributed by atoms with Crippen LogP contribution in [0.5, 0.6) is 0 Å². The van der Waals surface area contributed by atoms with Gasteiger partial charge in [-0.2, -0.15) is 17.5 Å². The highest BCUT2D eigenvalue weighted by Crippen LogP contribution is 2.32. The molecule has 0 aromatic heterocycles. The zero-order valence-corrected chi connectivity index (χ0v) is 17.9. The van der Waals surface area contributed by atoms with E-state index in [2.05, 4.69) is 5.32 Å². The summed E-state index contributed by atoms with van der Waals surface area (Å²) in [7, 11) is -4.12. The van der Waals surface area contributed by atoms with Crippen molar-refractivity contribution in [3.05, 3.63) is 63.2 Å². The minimum atomic E-state index is -4.48. The second-order valence-corrected chi connectivity index (χ2v) is 9.43. The maximum atomic E-state index is 12.9. The van der Waals surface area contributed by atoms with Crippen LogP contribution >= 0.6 is 11.6 Å². The SMILES string of the molecule is O=C(Nc1ccc(C(F)(F)F)cc1)C1CCN(S(=O)(=O)c2cc([N+](=O)[O-])ccc2Cl)CC1. The average molecular weight is 492 g/mol. The Bertz CT molecular complexity index is 1130. The van der Waals surface area contributed by atoms with Gasteiger partial charge in [-0.05, 0) is 43.2 Å². The molecule has 0 atom stereocenters. The minimum Gasteiger partial charge on any atom is -0.326 e. The lowest BCUT2D eigenvalue weighted by Crippen LogP contribution is -2.41. The van der Waals surface area contributed by atoms with E-state index in [-0.39, 0.29) is 41.5 Å². The van der Waals surface area contributed by atoms with Crippen molar-refractivity contribution in [2.24, 2.45) is 5.92 Å². The minimum absolute atomic E-state index is 0.0214. The zero-order valence-electron chi connectivity index (χ0n) is 16.3. The van der Waals surface area contributed by atoms with Gasteiger partial charge in [-0.25, -0.2) is 8.42 Å². The molecule has 2 aromatic carbocycles. The Hall–Kier alpha value is -2.70. The number of nitro groups is 1. The molecule has 0 saturated carbocycles. The molecular formula is C19H17ClF3N3O5S. The van der Waals surface area contributed by atoms with E-state index in [1.54, 1.807) is 0 Å². The fourth-order valence-electron chi connectivity index (χ4n) is 3.29. The third-order valence-electron chi connectivity index (χ3n) is 5.05. The Morgan fingerprint density at radius 1 is 1.12 bits per heavy atom. The predicted octanol–water partition coefficient (Wildman–Crippen LogP) is 4.31. The van der Waals surface area contributed by atoms with E-state index in [0.29, 0.717) is 0 Å². The van der Waals surface area contributed by atoms with Crippen LogP contribution in [0.4, 0.5) is 24.5 Å². The van der Waals surface area contributed by atoms with Gasteiger partial charge in [0.25, 0.3) is 5.69 Å². The number of rotatable bonds is 5. The number of halogens is 4. The first kappa shape index (κ1) is 24.0. The average Bonchev–Trinajstić information content (AvgIpc) is 2.73. The van der Waals surface area contributed by atoms with Crippen LogP contribution in [-0.4, -0.2) is 36.6 Å². The van der Waals surface area contributed by atoms with E-state index < -0.39 is 44.2 Å². The maximum Gasteiger partial charge on any atom is 0.416 e. The number of hydrogen-bond acceptors (Lipinski definition) is 5. The van der Waals surface area contributed by atoms with Gasteiger partial charge < -0.3 is 5.32 Å². The summed E-state index contributed by atoms with van der Waals surface area (Å²) in [5.74, 6) is -0.987. The number of anilines is 1. The quantitative estimate of drug-likeness (QED) is 0.495. The number of piperidine rings is 1. The van der Waals surface area contributed by atoms with E-state index in [0.717, 1.165) is 46.8 Å². The fourth-order valence-corrected chi connectivity index (χ4v) is 5.25. The van der Waals surface area contributed by atoms with Crippen LogP contribution in [0.15, 0.2) is 47.4 Å². The van der Waals surface area contributed by atoms with Gasteiger partial charge in [-0.3, -0.25) is 14.9 Å². The summed E-state index contributed by atoms with van der Waals surface area (Å²) in [6.45, 7) is -0.0428. The molecule has 2 aromatic rings. The normalized spacial score (nSPS) is 16.0. The maximum absolute atomic E-state index is 12.9.